The number of urea groups is 1. The van der Waals surface area contributed by atoms with Gasteiger partial charge in [0.2, 0.25) is 5.13 Å². The van der Waals surface area contributed by atoms with E-state index in [2.05, 4.69) is 15.5 Å². The van der Waals surface area contributed by atoms with Crippen molar-refractivity contribution in [2.75, 3.05) is 19.5 Å². The van der Waals surface area contributed by atoms with E-state index in [0.717, 1.165) is 16.3 Å². The van der Waals surface area contributed by atoms with Gasteiger partial charge in [0.1, 0.15) is 10.8 Å². The third-order valence-corrected chi connectivity index (χ3v) is 4.48. The Kier molecular flexibility index (Phi) is 4.24. The number of carbonyl (C=O) groups is 1. The van der Waals surface area contributed by atoms with Crippen LogP contribution in [0.4, 0.5) is 9.93 Å². The molecule has 0 bridgehead atoms. The summed E-state index contributed by atoms with van der Waals surface area (Å²) in [5.74, 6) is 1.34. The number of aromatic nitrogens is 2. The molecule has 1 fully saturated rings. The molecule has 116 valence electrons. The number of amides is 2. The second-order valence-corrected chi connectivity index (χ2v) is 6.37. The van der Waals surface area contributed by atoms with E-state index in [1.54, 1.807) is 19.1 Å². The molecule has 1 aliphatic carbocycles. The largest absolute Gasteiger partial charge is 0.497 e. The highest BCUT2D eigenvalue weighted by Crippen LogP contribution is 2.42. The Labute approximate surface area is 133 Å². The van der Waals surface area contributed by atoms with E-state index in [-0.39, 0.29) is 6.03 Å². The second-order valence-electron chi connectivity index (χ2n) is 5.36. The van der Waals surface area contributed by atoms with Crippen LogP contribution in [0.5, 0.6) is 5.75 Å². The average molecular weight is 318 g/mol. The van der Waals surface area contributed by atoms with Crippen molar-refractivity contribution in [1.29, 1.82) is 0 Å². The SMILES string of the molecule is COc1cccc(CN(C)C(=O)Nc2nnc(C3CC3)s2)c1. The monoisotopic (exact) mass is 318 g/mol. The molecular weight excluding hydrogens is 300 g/mol. The Bertz CT molecular complexity index is 669. The Morgan fingerprint density at radius 3 is 3.00 bits per heavy atom. The van der Waals surface area contributed by atoms with Gasteiger partial charge in [-0.15, -0.1) is 10.2 Å². The third-order valence-electron chi connectivity index (χ3n) is 3.48. The molecule has 2 amide bonds. The summed E-state index contributed by atoms with van der Waals surface area (Å²) in [4.78, 5) is 13.8. The summed E-state index contributed by atoms with van der Waals surface area (Å²) >= 11 is 1.46. The van der Waals surface area contributed by atoms with Crippen LogP contribution in [0.15, 0.2) is 24.3 Å². The highest BCUT2D eigenvalue weighted by Gasteiger charge is 2.27. The first-order valence-corrected chi connectivity index (χ1v) is 7.96. The lowest BCUT2D eigenvalue weighted by atomic mass is 10.2. The van der Waals surface area contributed by atoms with Crippen LogP contribution in [0.25, 0.3) is 0 Å². The molecular formula is C15H18N4O2S. The molecule has 1 aromatic heterocycles. The van der Waals surface area contributed by atoms with Gasteiger partial charge in [-0.1, -0.05) is 23.5 Å². The van der Waals surface area contributed by atoms with Crippen molar-refractivity contribution in [1.82, 2.24) is 15.1 Å². The van der Waals surface area contributed by atoms with E-state index in [0.29, 0.717) is 17.6 Å². The van der Waals surface area contributed by atoms with Gasteiger partial charge in [0.05, 0.1) is 7.11 Å². The molecule has 22 heavy (non-hydrogen) atoms. The van der Waals surface area contributed by atoms with Crippen LogP contribution in [0.3, 0.4) is 0 Å². The molecule has 7 heteroatoms. The van der Waals surface area contributed by atoms with Gasteiger partial charge < -0.3 is 9.64 Å². The smallest absolute Gasteiger partial charge is 0.323 e. The zero-order chi connectivity index (χ0) is 15.5. The molecule has 2 aromatic rings. The topological polar surface area (TPSA) is 67.3 Å². The molecule has 1 saturated carbocycles. The van der Waals surface area contributed by atoms with E-state index in [4.69, 9.17) is 4.74 Å². The maximum absolute atomic E-state index is 12.2. The summed E-state index contributed by atoms with van der Waals surface area (Å²) < 4.78 is 5.19. The highest BCUT2D eigenvalue weighted by molar-refractivity contribution is 7.15. The summed E-state index contributed by atoms with van der Waals surface area (Å²) in [6, 6.07) is 7.47. The van der Waals surface area contributed by atoms with Crippen molar-refractivity contribution in [3.8, 4) is 5.75 Å². The summed E-state index contributed by atoms with van der Waals surface area (Å²) in [5, 5.41) is 12.5. The first-order chi connectivity index (χ1) is 10.7. The van der Waals surface area contributed by atoms with Crippen LogP contribution in [-0.2, 0) is 6.54 Å². The zero-order valence-electron chi connectivity index (χ0n) is 12.6. The lowest BCUT2D eigenvalue weighted by Gasteiger charge is -2.17. The van der Waals surface area contributed by atoms with Crippen molar-refractivity contribution < 1.29 is 9.53 Å². The lowest BCUT2D eigenvalue weighted by molar-refractivity contribution is 0.220. The minimum Gasteiger partial charge on any atom is -0.497 e. The van der Waals surface area contributed by atoms with Gasteiger partial charge in [0.15, 0.2) is 0 Å². The number of anilines is 1. The second kappa shape index (κ2) is 6.31. The summed E-state index contributed by atoms with van der Waals surface area (Å²) in [6.45, 7) is 0.497. The average Bonchev–Trinajstić information content (AvgIpc) is 3.27. The number of hydrogen-bond acceptors (Lipinski definition) is 5. The highest BCUT2D eigenvalue weighted by atomic mass is 32.1. The fourth-order valence-electron chi connectivity index (χ4n) is 2.08. The number of methoxy groups -OCH3 is 1. The number of benzene rings is 1. The maximum Gasteiger partial charge on any atom is 0.323 e. The van der Waals surface area contributed by atoms with Crippen molar-refractivity contribution in [3.05, 3.63) is 34.8 Å². The lowest BCUT2D eigenvalue weighted by Crippen LogP contribution is -2.30. The number of hydrogen-bond donors (Lipinski definition) is 1. The predicted molar refractivity (Wildman–Crippen MR) is 85.4 cm³/mol. The molecule has 1 heterocycles. The number of nitrogens with zero attached hydrogens (tertiary/aromatic N) is 3. The van der Waals surface area contributed by atoms with Gasteiger partial charge in [-0.2, -0.15) is 0 Å². The summed E-state index contributed by atoms with van der Waals surface area (Å²) in [5.41, 5.74) is 1.01. The van der Waals surface area contributed by atoms with E-state index < -0.39 is 0 Å². The van der Waals surface area contributed by atoms with Gasteiger partial charge in [-0.05, 0) is 30.5 Å². The summed E-state index contributed by atoms with van der Waals surface area (Å²) in [7, 11) is 3.38. The van der Waals surface area contributed by atoms with Crippen LogP contribution in [0.1, 0.15) is 29.3 Å². The van der Waals surface area contributed by atoms with Gasteiger partial charge in [0, 0.05) is 19.5 Å². The van der Waals surface area contributed by atoms with E-state index in [9.17, 15) is 4.79 Å². The van der Waals surface area contributed by atoms with Gasteiger partial charge in [-0.3, -0.25) is 5.32 Å². The molecule has 1 aromatic carbocycles. The fraction of sp³-hybridized carbons (Fsp3) is 0.400. The Hall–Kier alpha value is -2.15. The van der Waals surface area contributed by atoms with Gasteiger partial charge >= 0.3 is 6.03 Å². The molecule has 0 atom stereocenters. The number of rotatable bonds is 5. The van der Waals surface area contributed by atoms with Crippen molar-refractivity contribution in [2.24, 2.45) is 0 Å². The Morgan fingerprint density at radius 2 is 2.27 bits per heavy atom. The molecule has 6 nitrogen and oxygen atoms in total. The van der Waals surface area contributed by atoms with Gasteiger partial charge in [-0.25, -0.2) is 4.79 Å². The van der Waals surface area contributed by atoms with E-state index in [1.165, 1.54) is 24.2 Å². The number of ether oxygens (including phenoxy) is 1. The van der Waals surface area contributed by atoms with Crippen LogP contribution in [-0.4, -0.2) is 35.3 Å². The molecule has 3 rings (SSSR count). The van der Waals surface area contributed by atoms with Crippen molar-refractivity contribution in [3.63, 3.8) is 0 Å². The molecule has 0 aliphatic heterocycles. The van der Waals surface area contributed by atoms with E-state index >= 15 is 0 Å². The predicted octanol–water partition coefficient (Wildman–Crippen LogP) is 3.09. The van der Waals surface area contributed by atoms with Crippen LogP contribution in [0.2, 0.25) is 0 Å². The Morgan fingerprint density at radius 1 is 1.45 bits per heavy atom. The van der Waals surface area contributed by atoms with Crippen LogP contribution >= 0.6 is 11.3 Å². The molecule has 0 radical (unpaired) electrons. The Balaban J connectivity index is 1.58. The minimum absolute atomic E-state index is 0.193. The first kappa shape index (κ1) is 14.8. The van der Waals surface area contributed by atoms with E-state index in [1.807, 2.05) is 24.3 Å². The maximum atomic E-state index is 12.2. The fourth-order valence-corrected chi connectivity index (χ4v) is 2.99. The third kappa shape index (κ3) is 3.54. The quantitative estimate of drug-likeness (QED) is 0.920. The van der Waals surface area contributed by atoms with Crippen LogP contribution < -0.4 is 10.1 Å². The van der Waals surface area contributed by atoms with Crippen molar-refractivity contribution in [2.45, 2.75) is 25.3 Å². The van der Waals surface area contributed by atoms with Gasteiger partial charge in [0.25, 0.3) is 0 Å². The van der Waals surface area contributed by atoms with Crippen molar-refractivity contribution >= 4 is 22.5 Å². The normalized spacial score (nSPS) is 13.7. The number of carbonyl (C=O) groups excluding carboxylic acids is 1. The minimum atomic E-state index is -0.193. The number of nitrogens with one attached hydrogen (secondary N) is 1. The zero-order valence-corrected chi connectivity index (χ0v) is 13.4. The standard InChI is InChI=1S/C15H18N4O2S/c1-19(9-10-4-3-5-12(8-10)21-2)15(20)16-14-18-17-13(22-14)11-6-7-11/h3-5,8,11H,6-7,9H2,1-2H3,(H,16,18,20). The molecule has 1 aliphatic rings. The summed E-state index contributed by atoms with van der Waals surface area (Å²) in [6.07, 6.45) is 2.36. The first-order valence-electron chi connectivity index (χ1n) is 7.14. The molecule has 0 spiro atoms. The molecule has 0 saturated heterocycles. The van der Waals surface area contributed by atoms with Crippen LogP contribution in [0, 0.1) is 0 Å². The molecule has 0 unspecified atom stereocenters. The molecule has 1 N–H and O–H groups in total.